The normalized spacial score (nSPS) is 35.1. The number of hydrogen-bond donors (Lipinski definition) is 0. The predicted molar refractivity (Wildman–Crippen MR) is 160 cm³/mol. The number of rotatable bonds is 10. The first-order valence-electron chi connectivity index (χ1n) is 17.2. The van der Waals surface area contributed by atoms with E-state index in [1.54, 1.807) is 0 Å². The topological polar surface area (TPSA) is 105 Å². The highest BCUT2D eigenvalue weighted by molar-refractivity contribution is 5.81. The minimum Gasteiger partial charge on any atom is -0.463 e. The van der Waals surface area contributed by atoms with Gasteiger partial charge in [0.15, 0.2) is 18.6 Å². The van der Waals surface area contributed by atoms with Crippen molar-refractivity contribution < 1.29 is 55.7 Å². The Morgan fingerprint density at radius 1 is 0.532 bits per heavy atom. The Balaban J connectivity index is 0.000000186. The summed E-state index contributed by atoms with van der Waals surface area (Å²) in [6, 6.07) is 0. The molecule has 8 saturated carbocycles. The van der Waals surface area contributed by atoms with Gasteiger partial charge in [-0.2, -0.15) is 13.2 Å². The van der Waals surface area contributed by atoms with Crippen LogP contribution in [-0.4, -0.2) is 62.1 Å². The summed E-state index contributed by atoms with van der Waals surface area (Å²) >= 11 is 0. The van der Waals surface area contributed by atoms with Crippen LogP contribution in [0.1, 0.15) is 105 Å². The smallest absolute Gasteiger partial charge is 0.404 e. The molecule has 0 unspecified atom stereocenters. The number of carbonyl (C=O) groups excluding carboxylic acids is 4. The monoisotopic (exact) mass is 674 g/mol. The van der Waals surface area contributed by atoms with Crippen molar-refractivity contribution in [3.05, 3.63) is 0 Å². The van der Waals surface area contributed by atoms with Gasteiger partial charge in [-0.1, -0.05) is 0 Å². The van der Waals surface area contributed by atoms with Crippen LogP contribution in [0.5, 0.6) is 0 Å². The lowest BCUT2D eigenvalue weighted by molar-refractivity contribution is -0.225. The van der Waals surface area contributed by atoms with Gasteiger partial charge >= 0.3 is 30.1 Å². The minimum atomic E-state index is -4.73. The average molecular weight is 675 g/mol. The Bertz CT molecular complexity index is 1130. The Kier molecular flexibility index (Phi) is 10.0. The Labute approximate surface area is 274 Å². The van der Waals surface area contributed by atoms with E-state index in [1.807, 2.05) is 0 Å². The van der Waals surface area contributed by atoms with Crippen LogP contribution in [0.3, 0.4) is 0 Å². The first-order chi connectivity index (χ1) is 21.8. The van der Waals surface area contributed by atoms with Crippen LogP contribution in [0.15, 0.2) is 0 Å². The molecule has 8 rings (SSSR count). The molecule has 12 heteroatoms. The van der Waals surface area contributed by atoms with Crippen molar-refractivity contribution in [2.75, 3.05) is 26.4 Å². The molecule has 0 N–H and O–H groups in total. The largest absolute Gasteiger partial charge is 0.463 e. The average Bonchev–Trinajstić information content (AvgIpc) is 2.94. The van der Waals surface area contributed by atoms with Gasteiger partial charge in [0, 0.05) is 10.8 Å². The maximum Gasteiger partial charge on any atom is 0.404 e. The first kappa shape index (κ1) is 35.9. The summed E-state index contributed by atoms with van der Waals surface area (Å²) < 4.78 is 71.4. The molecular formula is C35H50F4O8. The van der Waals surface area contributed by atoms with Crippen LogP contribution < -0.4 is 0 Å². The van der Waals surface area contributed by atoms with Crippen LogP contribution in [0.2, 0.25) is 0 Å². The van der Waals surface area contributed by atoms with Crippen LogP contribution in [0.25, 0.3) is 0 Å². The van der Waals surface area contributed by atoms with E-state index in [0.29, 0.717) is 6.61 Å². The zero-order chi connectivity index (χ0) is 34.4. The lowest BCUT2D eigenvalue weighted by atomic mass is 9.50. The zero-order valence-corrected chi connectivity index (χ0v) is 28.1. The highest BCUT2D eigenvalue weighted by atomic mass is 19.4. The molecule has 266 valence electrons. The van der Waals surface area contributed by atoms with E-state index < -0.39 is 54.4 Å². The highest BCUT2D eigenvalue weighted by Crippen LogP contribution is 2.61. The molecule has 0 aliphatic heterocycles. The Morgan fingerprint density at radius 2 is 0.830 bits per heavy atom. The molecule has 8 fully saturated rings. The molecule has 8 aliphatic rings. The van der Waals surface area contributed by atoms with Gasteiger partial charge in [0.1, 0.15) is 0 Å². The Hall–Kier alpha value is -2.40. The van der Waals surface area contributed by atoms with Gasteiger partial charge in [-0.15, -0.1) is 0 Å². The van der Waals surface area contributed by atoms with Gasteiger partial charge in [0.25, 0.3) is 0 Å². The Morgan fingerprint density at radius 3 is 1.11 bits per heavy atom. The maximum absolute atomic E-state index is 13.3. The van der Waals surface area contributed by atoms with Gasteiger partial charge in [-0.05, 0) is 140 Å². The summed E-state index contributed by atoms with van der Waals surface area (Å²) in [7, 11) is 0. The van der Waals surface area contributed by atoms with Gasteiger partial charge in [0.05, 0.1) is 13.2 Å². The molecule has 0 atom stereocenters. The number of carbonyl (C=O) groups is 4. The van der Waals surface area contributed by atoms with Crippen molar-refractivity contribution in [2.45, 2.75) is 117 Å². The third kappa shape index (κ3) is 8.43. The summed E-state index contributed by atoms with van der Waals surface area (Å²) in [6.07, 6.45) is 9.78. The lowest BCUT2D eigenvalue weighted by Gasteiger charge is -2.56. The zero-order valence-electron chi connectivity index (χ0n) is 28.1. The number of hydrogen-bond acceptors (Lipinski definition) is 8. The molecule has 0 aromatic rings. The first-order valence-corrected chi connectivity index (χ1v) is 17.2. The summed E-state index contributed by atoms with van der Waals surface area (Å²) in [5.41, 5.74) is -4.55. The second-order valence-electron chi connectivity index (χ2n) is 16.9. The molecule has 0 aromatic heterocycles. The van der Waals surface area contributed by atoms with E-state index in [1.165, 1.54) is 38.5 Å². The molecule has 0 spiro atoms. The summed E-state index contributed by atoms with van der Waals surface area (Å²) in [6.45, 7) is 3.11. The fourth-order valence-electron chi connectivity index (χ4n) is 10.2. The molecule has 0 amide bonds. The summed E-state index contributed by atoms with van der Waals surface area (Å²) in [5.74, 6) is 0.711. The minimum absolute atomic E-state index is 0.0274. The second-order valence-corrected chi connectivity index (χ2v) is 16.9. The summed E-state index contributed by atoms with van der Waals surface area (Å²) in [5, 5.41) is 0. The molecule has 47 heavy (non-hydrogen) atoms. The van der Waals surface area contributed by atoms with Crippen molar-refractivity contribution in [2.24, 2.45) is 51.8 Å². The van der Waals surface area contributed by atoms with Crippen molar-refractivity contribution in [3.63, 3.8) is 0 Å². The number of ether oxygens (including phenoxy) is 4. The standard InChI is InChI=1S/C18H25F3O4.C17H25FO4/c1-16(2,18(19,20)21)15(23)24-9-14(22)25-10-17-6-11-3-12(7-17)5-13(4-11)8-17;1-16(2,18)15(20)21-9-14(19)22-10-17-6-11-3-12(7-17)5-13(4-11)8-17/h11-13H,3-10H2,1-2H3;11-13H,3-10H2,1-2H3. The van der Waals surface area contributed by atoms with E-state index >= 15 is 0 Å². The number of esters is 4. The number of halogens is 4. The lowest BCUT2D eigenvalue weighted by Crippen LogP contribution is -2.48. The van der Waals surface area contributed by atoms with Crippen molar-refractivity contribution in [3.8, 4) is 0 Å². The quantitative estimate of drug-likeness (QED) is 0.140. The van der Waals surface area contributed by atoms with Crippen LogP contribution in [0.4, 0.5) is 17.6 Å². The maximum atomic E-state index is 13.3. The molecule has 8 bridgehead atoms. The van der Waals surface area contributed by atoms with Gasteiger partial charge in [-0.3, -0.25) is 4.79 Å². The molecule has 0 saturated heterocycles. The molecule has 0 aromatic carbocycles. The van der Waals surface area contributed by atoms with E-state index in [2.05, 4.69) is 9.47 Å². The third-order valence-corrected chi connectivity index (χ3v) is 11.8. The van der Waals surface area contributed by atoms with Gasteiger partial charge in [0.2, 0.25) is 5.67 Å². The fraction of sp³-hybridized carbons (Fsp3) is 0.886. The third-order valence-electron chi connectivity index (χ3n) is 11.8. The second kappa shape index (κ2) is 13.1. The van der Waals surface area contributed by atoms with Crippen LogP contribution >= 0.6 is 0 Å². The van der Waals surface area contributed by atoms with E-state index in [0.717, 1.165) is 102 Å². The van der Waals surface area contributed by atoms with Gasteiger partial charge < -0.3 is 18.9 Å². The van der Waals surface area contributed by atoms with Gasteiger partial charge in [-0.25, -0.2) is 18.8 Å². The van der Waals surface area contributed by atoms with Crippen molar-refractivity contribution >= 4 is 23.9 Å². The molecular weight excluding hydrogens is 624 g/mol. The van der Waals surface area contributed by atoms with Crippen LogP contribution in [-0.2, 0) is 38.1 Å². The molecule has 0 heterocycles. The van der Waals surface area contributed by atoms with Crippen molar-refractivity contribution in [1.29, 1.82) is 0 Å². The van der Waals surface area contributed by atoms with E-state index in [-0.39, 0.29) is 17.4 Å². The molecule has 0 radical (unpaired) electrons. The molecule has 8 nitrogen and oxygen atoms in total. The number of alkyl halides is 4. The molecule has 8 aliphatic carbocycles. The van der Waals surface area contributed by atoms with Crippen LogP contribution in [0, 0.1) is 51.8 Å². The van der Waals surface area contributed by atoms with E-state index in [9.17, 15) is 36.7 Å². The van der Waals surface area contributed by atoms with Crippen molar-refractivity contribution in [1.82, 2.24) is 0 Å². The van der Waals surface area contributed by atoms with E-state index in [4.69, 9.17) is 9.47 Å². The fourth-order valence-corrected chi connectivity index (χ4v) is 10.2. The summed E-state index contributed by atoms with van der Waals surface area (Å²) in [4.78, 5) is 46.5. The predicted octanol–water partition coefficient (Wildman–Crippen LogP) is 6.92. The highest BCUT2D eigenvalue weighted by Gasteiger charge is 2.55. The SMILES string of the molecule is CC(C)(C(=O)OCC(=O)OCC12CC3CC(CC(C3)C1)C2)C(F)(F)F.CC(C)(F)C(=O)OCC(=O)OCC12CC3CC(CC(C3)C1)C2.